The number of hydrogen-bond acceptors (Lipinski definition) is 2. The molecule has 0 radical (unpaired) electrons. The highest BCUT2D eigenvalue weighted by atomic mass is 15.1. The lowest BCUT2D eigenvalue weighted by molar-refractivity contribution is 0.261. The minimum absolute atomic E-state index is 0.681. The Morgan fingerprint density at radius 1 is 1.46 bits per heavy atom. The van der Waals surface area contributed by atoms with Crippen molar-refractivity contribution in [2.24, 2.45) is 17.1 Å². The van der Waals surface area contributed by atoms with E-state index in [4.69, 9.17) is 5.73 Å². The van der Waals surface area contributed by atoms with E-state index in [1.54, 1.807) is 0 Å². The van der Waals surface area contributed by atoms with Crippen LogP contribution in [-0.2, 0) is 0 Å². The molecule has 2 rings (SSSR count). The topological polar surface area (TPSA) is 29.3 Å². The summed E-state index contributed by atoms with van der Waals surface area (Å²) in [6, 6.07) is 0. The predicted octanol–water partition coefficient (Wildman–Crippen LogP) is 1.46. The largest absolute Gasteiger partial charge is 0.330 e. The highest BCUT2D eigenvalue weighted by Gasteiger charge is 2.42. The molecule has 2 fully saturated rings. The molecule has 1 aliphatic heterocycles. The Kier molecular flexibility index (Phi) is 2.61. The van der Waals surface area contributed by atoms with Crippen molar-refractivity contribution in [3.05, 3.63) is 0 Å². The second-order valence-corrected chi connectivity index (χ2v) is 4.96. The van der Waals surface area contributed by atoms with Crippen LogP contribution in [0.5, 0.6) is 0 Å². The fourth-order valence-electron chi connectivity index (χ4n) is 3.20. The van der Waals surface area contributed by atoms with Crippen LogP contribution in [0.2, 0.25) is 0 Å². The van der Waals surface area contributed by atoms with Gasteiger partial charge in [0.15, 0.2) is 0 Å². The molecule has 1 saturated carbocycles. The lowest BCUT2D eigenvalue weighted by Crippen LogP contribution is -2.25. The van der Waals surface area contributed by atoms with Crippen LogP contribution in [0.25, 0.3) is 0 Å². The molecule has 13 heavy (non-hydrogen) atoms. The van der Waals surface area contributed by atoms with Gasteiger partial charge in [0.1, 0.15) is 0 Å². The molecule has 1 heterocycles. The van der Waals surface area contributed by atoms with Crippen molar-refractivity contribution in [2.45, 2.75) is 32.6 Å². The predicted molar refractivity (Wildman–Crippen MR) is 55.6 cm³/mol. The molecule has 1 spiro atoms. The average Bonchev–Trinajstić information content (AvgIpc) is 2.74. The SMILES string of the molecule is CCN1CC[C@]2(CC[C@H](CN)C2)C1. The second-order valence-electron chi connectivity index (χ2n) is 4.96. The highest BCUT2D eigenvalue weighted by molar-refractivity contribution is 4.95. The zero-order valence-corrected chi connectivity index (χ0v) is 8.76. The van der Waals surface area contributed by atoms with Crippen LogP contribution in [-0.4, -0.2) is 31.1 Å². The van der Waals surface area contributed by atoms with Crippen LogP contribution in [0, 0.1) is 11.3 Å². The first-order valence-electron chi connectivity index (χ1n) is 5.70. The van der Waals surface area contributed by atoms with Gasteiger partial charge in [0.25, 0.3) is 0 Å². The average molecular weight is 182 g/mol. The number of hydrogen-bond donors (Lipinski definition) is 1. The standard InChI is InChI=1S/C11H22N2/c1-2-13-6-5-11(9-13)4-3-10(7-11)8-12/h10H,2-9,12H2,1H3/t10-,11-/m0/s1. The second kappa shape index (κ2) is 3.58. The molecule has 2 nitrogen and oxygen atoms in total. The summed E-state index contributed by atoms with van der Waals surface area (Å²) in [5.74, 6) is 0.830. The maximum atomic E-state index is 5.74. The smallest absolute Gasteiger partial charge is 0.00384 e. The summed E-state index contributed by atoms with van der Waals surface area (Å²) in [6.07, 6.45) is 5.65. The normalized spacial score (nSPS) is 40.6. The Morgan fingerprint density at radius 2 is 2.31 bits per heavy atom. The maximum Gasteiger partial charge on any atom is 0.00384 e. The molecule has 0 aromatic carbocycles. The molecule has 0 bridgehead atoms. The lowest BCUT2D eigenvalue weighted by atomic mass is 9.84. The summed E-state index contributed by atoms with van der Waals surface area (Å²) >= 11 is 0. The Balaban J connectivity index is 1.93. The van der Waals surface area contributed by atoms with E-state index in [9.17, 15) is 0 Å². The molecule has 2 heteroatoms. The third-order valence-electron chi connectivity index (χ3n) is 4.10. The fourth-order valence-corrected chi connectivity index (χ4v) is 3.20. The van der Waals surface area contributed by atoms with Crippen molar-refractivity contribution < 1.29 is 0 Å². The molecular formula is C11H22N2. The number of likely N-dealkylation sites (tertiary alicyclic amines) is 1. The first-order valence-corrected chi connectivity index (χ1v) is 5.70. The van der Waals surface area contributed by atoms with Crippen LogP contribution in [0.1, 0.15) is 32.6 Å². The third kappa shape index (κ3) is 1.75. The Morgan fingerprint density at radius 3 is 2.85 bits per heavy atom. The summed E-state index contributed by atoms with van der Waals surface area (Å²) in [6.45, 7) is 7.09. The van der Waals surface area contributed by atoms with Gasteiger partial charge >= 0.3 is 0 Å². The van der Waals surface area contributed by atoms with Gasteiger partial charge in [-0.25, -0.2) is 0 Å². The van der Waals surface area contributed by atoms with Crippen LogP contribution in [0.4, 0.5) is 0 Å². The van der Waals surface area contributed by atoms with Crippen molar-refractivity contribution in [3.63, 3.8) is 0 Å². The van der Waals surface area contributed by atoms with E-state index in [2.05, 4.69) is 11.8 Å². The van der Waals surface area contributed by atoms with Crippen LogP contribution < -0.4 is 5.73 Å². The summed E-state index contributed by atoms with van der Waals surface area (Å²) in [5, 5.41) is 0. The number of nitrogens with zero attached hydrogens (tertiary/aromatic N) is 1. The van der Waals surface area contributed by atoms with Gasteiger partial charge in [0.05, 0.1) is 0 Å². The molecule has 2 N–H and O–H groups in total. The van der Waals surface area contributed by atoms with E-state index < -0.39 is 0 Å². The van der Waals surface area contributed by atoms with E-state index in [1.807, 2.05) is 0 Å². The summed E-state index contributed by atoms with van der Waals surface area (Å²) < 4.78 is 0. The Hall–Kier alpha value is -0.0800. The summed E-state index contributed by atoms with van der Waals surface area (Å²) in [4.78, 5) is 2.60. The van der Waals surface area contributed by atoms with Gasteiger partial charge in [-0.15, -0.1) is 0 Å². The molecular weight excluding hydrogens is 160 g/mol. The summed E-state index contributed by atoms with van der Waals surface area (Å²) in [5.41, 5.74) is 6.42. The zero-order chi connectivity index (χ0) is 9.31. The van der Waals surface area contributed by atoms with Crippen molar-refractivity contribution >= 4 is 0 Å². The molecule has 76 valence electrons. The monoisotopic (exact) mass is 182 g/mol. The van der Waals surface area contributed by atoms with Gasteiger partial charge < -0.3 is 10.6 Å². The molecule has 1 saturated heterocycles. The van der Waals surface area contributed by atoms with E-state index in [-0.39, 0.29) is 0 Å². The lowest BCUT2D eigenvalue weighted by Gasteiger charge is -2.23. The van der Waals surface area contributed by atoms with Crippen LogP contribution >= 0.6 is 0 Å². The van der Waals surface area contributed by atoms with Gasteiger partial charge in [-0.2, -0.15) is 0 Å². The highest BCUT2D eigenvalue weighted by Crippen LogP contribution is 2.47. The molecule has 2 atom stereocenters. The molecule has 0 aromatic heterocycles. The number of nitrogens with two attached hydrogens (primary N) is 1. The van der Waals surface area contributed by atoms with E-state index >= 15 is 0 Å². The zero-order valence-electron chi connectivity index (χ0n) is 8.76. The maximum absolute atomic E-state index is 5.74. The first-order chi connectivity index (χ1) is 6.28. The van der Waals surface area contributed by atoms with E-state index in [0.717, 1.165) is 12.5 Å². The minimum Gasteiger partial charge on any atom is -0.330 e. The third-order valence-corrected chi connectivity index (χ3v) is 4.10. The van der Waals surface area contributed by atoms with Gasteiger partial charge in [-0.05, 0) is 56.7 Å². The minimum atomic E-state index is 0.681. The van der Waals surface area contributed by atoms with Crippen molar-refractivity contribution in [3.8, 4) is 0 Å². The van der Waals surface area contributed by atoms with Gasteiger partial charge in [-0.3, -0.25) is 0 Å². The van der Waals surface area contributed by atoms with E-state index in [1.165, 1.54) is 45.3 Å². The molecule has 0 unspecified atom stereocenters. The van der Waals surface area contributed by atoms with Crippen molar-refractivity contribution in [2.75, 3.05) is 26.2 Å². The van der Waals surface area contributed by atoms with E-state index in [0.29, 0.717) is 5.41 Å². The van der Waals surface area contributed by atoms with Crippen molar-refractivity contribution in [1.29, 1.82) is 0 Å². The Labute approximate surface area is 81.5 Å². The molecule has 1 aliphatic carbocycles. The molecule has 2 aliphatic rings. The van der Waals surface area contributed by atoms with Crippen LogP contribution in [0.3, 0.4) is 0 Å². The molecule has 0 amide bonds. The Bertz CT molecular complexity index is 159. The fraction of sp³-hybridized carbons (Fsp3) is 1.00. The molecule has 0 aromatic rings. The van der Waals surface area contributed by atoms with Gasteiger partial charge in [-0.1, -0.05) is 6.92 Å². The van der Waals surface area contributed by atoms with Crippen LogP contribution in [0.15, 0.2) is 0 Å². The first kappa shape index (κ1) is 9.47. The quantitative estimate of drug-likeness (QED) is 0.700. The summed E-state index contributed by atoms with van der Waals surface area (Å²) in [7, 11) is 0. The number of rotatable bonds is 2. The van der Waals surface area contributed by atoms with Gasteiger partial charge in [0, 0.05) is 6.54 Å². The van der Waals surface area contributed by atoms with Crippen molar-refractivity contribution in [1.82, 2.24) is 4.90 Å². The van der Waals surface area contributed by atoms with Gasteiger partial charge in [0.2, 0.25) is 0 Å².